The van der Waals surface area contributed by atoms with Crippen molar-refractivity contribution in [3.8, 4) is 0 Å². The van der Waals surface area contributed by atoms with Crippen molar-refractivity contribution in [3.05, 3.63) is 34.5 Å². The van der Waals surface area contributed by atoms with Crippen molar-refractivity contribution < 1.29 is 4.79 Å². The molecule has 1 aromatic carbocycles. The summed E-state index contributed by atoms with van der Waals surface area (Å²) < 4.78 is 1.75. The average Bonchev–Trinajstić information content (AvgIpc) is 3.48. The second kappa shape index (κ2) is 9.11. The summed E-state index contributed by atoms with van der Waals surface area (Å²) in [5.41, 5.74) is 2.98. The highest BCUT2D eigenvalue weighted by Gasteiger charge is 2.21. The fraction of sp³-hybridized carbons (Fsp3) is 0.500. The van der Waals surface area contributed by atoms with Gasteiger partial charge in [-0.3, -0.25) is 9.48 Å². The molecule has 166 valence electrons. The van der Waals surface area contributed by atoms with Gasteiger partial charge in [-0.15, -0.1) is 17.5 Å². The number of piperidine rings is 1. The fourth-order valence-corrected chi connectivity index (χ4v) is 4.41. The van der Waals surface area contributed by atoms with Crippen molar-refractivity contribution in [1.29, 1.82) is 0 Å². The van der Waals surface area contributed by atoms with Gasteiger partial charge in [-0.05, 0) is 56.8 Å². The number of fused-ring (bicyclic) bond motifs is 1. The van der Waals surface area contributed by atoms with Gasteiger partial charge in [-0.1, -0.05) is 5.21 Å². The molecule has 1 unspecified atom stereocenters. The maximum Gasteiger partial charge on any atom is 0.323 e. The standard InChI is InChI=1S/C20H26N8O2.ClH/c29-19(17-12-28(26-25-17)11-13-4-3-5-21-10-13)22-16-8-14-15(24-20(30)23-14)9-18(16)27-6-1-2-7-27;/h8-9,12-13,21H,1-7,10-11H2,(H,22,29)(H2,23,24,30);1H. The van der Waals surface area contributed by atoms with Gasteiger partial charge < -0.3 is 25.5 Å². The number of anilines is 2. The van der Waals surface area contributed by atoms with E-state index in [1.807, 2.05) is 6.07 Å². The van der Waals surface area contributed by atoms with E-state index >= 15 is 0 Å². The van der Waals surface area contributed by atoms with Crippen LogP contribution in [0.3, 0.4) is 0 Å². The average molecular weight is 447 g/mol. The quantitative estimate of drug-likeness (QED) is 0.473. The number of nitrogens with zero attached hydrogens (tertiary/aromatic N) is 4. The van der Waals surface area contributed by atoms with Gasteiger partial charge in [0.2, 0.25) is 0 Å². The number of amides is 1. The molecule has 1 atom stereocenters. The minimum atomic E-state index is -0.305. The maximum atomic E-state index is 12.9. The highest BCUT2D eigenvalue weighted by molar-refractivity contribution is 6.06. The Morgan fingerprint density at radius 2 is 1.94 bits per heavy atom. The third kappa shape index (κ3) is 4.59. The molecule has 1 amide bonds. The first-order valence-corrected chi connectivity index (χ1v) is 10.6. The highest BCUT2D eigenvalue weighted by atomic mass is 35.5. The normalized spacial score (nSPS) is 18.8. The van der Waals surface area contributed by atoms with E-state index in [0.717, 1.165) is 69.6 Å². The monoisotopic (exact) mass is 446 g/mol. The first kappa shape index (κ1) is 21.4. The number of benzene rings is 1. The third-order valence-corrected chi connectivity index (χ3v) is 5.94. The lowest BCUT2D eigenvalue weighted by Crippen LogP contribution is -2.32. The summed E-state index contributed by atoms with van der Waals surface area (Å²) in [7, 11) is 0. The molecule has 4 N–H and O–H groups in total. The number of aromatic amines is 2. The summed E-state index contributed by atoms with van der Waals surface area (Å²) in [6.07, 6.45) is 6.24. The molecular formula is C20H27ClN8O2. The minimum absolute atomic E-state index is 0. The molecule has 2 aliphatic heterocycles. The number of aromatic nitrogens is 5. The van der Waals surface area contributed by atoms with Gasteiger partial charge in [-0.25, -0.2) is 4.79 Å². The number of carbonyl (C=O) groups is 1. The lowest BCUT2D eigenvalue weighted by Gasteiger charge is -2.22. The van der Waals surface area contributed by atoms with Crippen LogP contribution in [0.2, 0.25) is 0 Å². The Morgan fingerprint density at radius 3 is 2.68 bits per heavy atom. The van der Waals surface area contributed by atoms with Crippen molar-refractivity contribution in [1.82, 2.24) is 30.3 Å². The largest absolute Gasteiger partial charge is 0.370 e. The van der Waals surface area contributed by atoms with E-state index < -0.39 is 0 Å². The summed E-state index contributed by atoms with van der Waals surface area (Å²) >= 11 is 0. The van der Waals surface area contributed by atoms with Crippen molar-refractivity contribution in [3.63, 3.8) is 0 Å². The molecule has 2 aliphatic rings. The van der Waals surface area contributed by atoms with E-state index in [4.69, 9.17) is 0 Å². The SMILES string of the molecule is Cl.O=C(Nc1cc2[nH]c(=O)[nH]c2cc1N1CCCC1)c1cn(CC2CCCNC2)nn1. The molecule has 0 saturated carbocycles. The van der Waals surface area contributed by atoms with Crippen LogP contribution in [-0.4, -0.2) is 57.0 Å². The van der Waals surface area contributed by atoms with Gasteiger partial charge >= 0.3 is 5.69 Å². The van der Waals surface area contributed by atoms with Crippen LogP contribution >= 0.6 is 12.4 Å². The summed E-state index contributed by atoms with van der Waals surface area (Å²) in [5, 5.41) is 14.6. The van der Waals surface area contributed by atoms with Crippen molar-refractivity contribution in [2.75, 3.05) is 36.4 Å². The second-order valence-electron chi connectivity index (χ2n) is 8.18. The van der Waals surface area contributed by atoms with Gasteiger partial charge in [0, 0.05) is 19.6 Å². The topological polar surface area (TPSA) is 124 Å². The van der Waals surface area contributed by atoms with Crippen LogP contribution in [0.4, 0.5) is 11.4 Å². The highest BCUT2D eigenvalue weighted by Crippen LogP contribution is 2.32. The lowest BCUT2D eigenvalue weighted by molar-refractivity contribution is 0.102. The predicted octanol–water partition coefficient (Wildman–Crippen LogP) is 1.72. The number of H-pyrrole nitrogens is 2. The summed E-state index contributed by atoms with van der Waals surface area (Å²) in [4.78, 5) is 32.4. The Labute approximate surface area is 185 Å². The fourth-order valence-electron chi connectivity index (χ4n) is 4.41. The molecule has 0 bridgehead atoms. The number of imidazole rings is 1. The minimum Gasteiger partial charge on any atom is -0.370 e. The number of hydrogen-bond donors (Lipinski definition) is 4. The number of nitrogens with one attached hydrogen (secondary N) is 4. The van der Waals surface area contributed by atoms with Gasteiger partial charge in [0.25, 0.3) is 5.91 Å². The molecule has 10 nitrogen and oxygen atoms in total. The number of carbonyl (C=O) groups excluding carboxylic acids is 1. The van der Waals surface area contributed by atoms with Crippen LogP contribution in [0.1, 0.15) is 36.2 Å². The smallest absolute Gasteiger partial charge is 0.323 e. The van der Waals surface area contributed by atoms with Crippen LogP contribution in [0.15, 0.2) is 23.1 Å². The van der Waals surface area contributed by atoms with Gasteiger partial charge in [-0.2, -0.15) is 0 Å². The zero-order valence-electron chi connectivity index (χ0n) is 17.2. The maximum absolute atomic E-state index is 12.9. The molecule has 2 saturated heterocycles. The van der Waals surface area contributed by atoms with Crippen LogP contribution in [0, 0.1) is 5.92 Å². The second-order valence-corrected chi connectivity index (χ2v) is 8.18. The van der Waals surface area contributed by atoms with Crippen molar-refractivity contribution in [2.45, 2.75) is 32.2 Å². The third-order valence-electron chi connectivity index (χ3n) is 5.94. The molecule has 2 aromatic heterocycles. The Bertz CT molecular complexity index is 1110. The number of rotatable bonds is 5. The molecular weight excluding hydrogens is 420 g/mol. The molecule has 0 spiro atoms. The van der Waals surface area contributed by atoms with E-state index in [9.17, 15) is 9.59 Å². The molecule has 0 radical (unpaired) electrons. The molecule has 11 heteroatoms. The van der Waals surface area contributed by atoms with Crippen LogP contribution in [0.5, 0.6) is 0 Å². The van der Waals surface area contributed by atoms with E-state index in [1.165, 1.54) is 0 Å². The Morgan fingerprint density at radius 1 is 1.16 bits per heavy atom. The molecule has 2 fully saturated rings. The first-order valence-electron chi connectivity index (χ1n) is 10.6. The number of halogens is 1. The van der Waals surface area contributed by atoms with Gasteiger partial charge in [0.15, 0.2) is 5.69 Å². The van der Waals surface area contributed by atoms with Gasteiger partial charge in [0.05, 0.1) is 28.6 Å². The first-order chi connectivity index (χ1) is 14.7. The van der Waals surface area contributed by atoms with Crippen molar-refractivity contribution >= 4 is 40.7 Å². The molecule has 0 aliphatic carbocycles. The summed E-state index contributed by atoms with van der Waals surface area (Å²) in [6, 6.07) is 3.72. The summed E-state index contributed by atoms with van der Waals surface area (Å²) in [6.45, 7) is 4.64. The zero-order chi connectivity index (χ0) is 20.5. The lowest BCUT2D eigenvalue weighted by atomic mass is 10.00. The van der Waals surface area contributed by atoms with E-state index in [2.05, 4.69) is 35.8 Å². The zero-order valence-corrected chi connectivity index (χ0v) is 18.0. The van der Waals surface area contributed by atoms with Gasteiger partial charge in [0.1, 0.15) is 0 Å². The Hall–Kier alpha value is -2.85. The van der Waals surface area contributed by atoms with E-state index in [1.54, 1.807) is 16.9 Å². The van der Waals surface area contributed by atoms with E-state index in [0.29, 0.717) is 17.1 Å². The van der Waals surface area contributed by atoms with Crippen LogP contribution < -0.4 is 21.2 Å². The Balaban J connectivity index is 0.00000231. The van der Waals surface area contributed by atoms with E-state index in [-0.39, 0.29) is 29.7 Å². The Kier molecular flexibility index (Phi) is 6.28. The molecule has 31 heavy (non-hydrogen) atoms. The van der Waals surface area contributed by atoms with Crippen LogP contribution in [-0.2, 0) is 6.54 Å². The predicted molar refractivity (Wildman–Crippen MR) is 121 cm³/mol. The van der Waals surface area contributed by atoms with Crippen LogP contribution in [0.25, 0.3) is 11.0 Å². The molecule has 5 rings (SSSR count). The summed E-state index contributed by atoms with van der Waals surface area (Å²) in [5.74, 6) is 0.201. The number of hydrogen-bond acceptors (Lipinski definition) is 6. The van der Waals surface area contributed by atoms with Crippen molar-refractivity contribution in [2.24, 2.45) is 5.92 Å². The molecule has 4 heterocycles. The molecule has 3 aromatic rings.